The first kappa shape index (κ1) is 23.5. The normalized spacial score (nSPS) is 11.0. The van der Waals surface area contributed by atoms with Gasteiger partial charge in [0.1, 0.15) is 29.9 Å². The second-order valence-corrected chi connectivity index (χ2v) is 8.67. The van der Waals surface area contributed by atoms with Crippen molar-refractivity contribution in [3.05, 3.63) is 77.9 Å². The third-order valence-electron chi connectivity index (χ3n) is 4.67. The summed E-state index contributed by atoms with van der Waals surface area (Å²) < 4.78 is 20.6. The van der Waals surface area contributed by atoms with Gasteiger partial charge in [-0.05, 0) is 60.0 Å². The number of carbonyl (C=O) groups is 2. The molecule has 8 heteroatoms. The van der Waals surface area contributed by atoms with Crippen LogP contribution >= 0.6 is 0 Å². The summed E-state index contributed by atoms with van der Waals surface area (Å²) in [7, 11) is 0. The van der Waals surface area contributed by atoms with Crippen LogP contribution in [0.1, 0.15) is 36.8 Å². The quantitative estimate of drug-likeness (QED) is 0.567. The lowest BCUT2D eigenvalue weighted by Gasteiger charge is -2.23. The summed E-state index contributed by atoms with van der Waals surface area (Å²) in [5.74, 6) is -1.86. The Morgan fingerprint density at radius 2 is 1.85 bits per heavy atom. The number of carboxylic acids is 1. The molecule has 1 heterocycles. The molecule has 7 nitrogen and oxygen atoms in total. The number of halogens is 1. The summed E-state index contributed by atoms with van der Waals surface area (Å²) >= 11 is 0. The monoisotopic (exact) mass is 449 g/mol. The van der Waals surface area contributed by atoms with Gasteiger partial charge in [0.05, 0.1) is 12.2 Å². The van der Waals surface area contributed by atoms with Crippen molar-refractivity contribution < 1.29 is 23.8 Å². The van der Waals surface area contributed by atoms with Crippen LogP contribution in [0.2, 0.25) is 0 Å². The molecular formula is C25H24FN3O4. The molecule has 3 aromatic rings. The Kier molecular flexibility index (Phi) is 6.83. The van der Waals surface area contributed by atoms with E-state index in [4.69, 9.17) is 4.74 Å². The van der Waals surface area contributed by atoms with Crippen molar-refractivity contribution in [1.29, 1.82) is 5.26 Å². The van der Waals surface area contributed by atoms with Crippen LogP contribution in [-0.4, -0.2) is 34.7 Å². The predicted molar refractivity (Wildman–Crippen MR) is 121 cm³/mol. The molecule has 33 heavy (non-hydrogen) atoms. The minimum Gasteiger partial charge on any atom is -0.492 e. The smallest absolute Gasteiger partial charge is 0.323 e. The highest BCUT2D eigenvalue weighted by molar-refractivity contribution is 6.07. The molecule has 0 bridgehead atoms. The topological polar surface area (TPSA) is 95.6 Å². The molecule has 170 valence electrons. The maximum atomic E-state index is 13.4. The minimum atomic E-state index is -1.21. The van der Waals surface area contributed by atoms with E-state index < -0.39 is 24.2 Å². The molecule has 0 unspecified atom stereocenters. The molecule has 0 spiro atoms. The van der Waals surface area contributed by atoms with E-state index in [1.165, 1.54) is 30.3 Å². The maximum Gasteiger partial charge on any atom is 0.323 e. The third kappa shape index (κ3) is 5.77. The van der Waals surface area contributed by atoms with Crippen LogP contribution in [0.15, 0.2) is 60.8 Å². The summed E-state index contributed by atoms with van der Waals surface area (Å²) in [5.41, 5.74) is 1.04. The molecule has 2 aromatic carbocycles. The standard InChI is InChI=1S/C25H24FN3O4/c1-25(2,3)16-33-22-11-10-20(13-17(22)14-27)29(15-23(30)31)24(32)21-5-4-12-28(21)19-8-6-18(26)7-9-19/h4-13H,15-16H2,1-3H3,(H,30,31). The van der Waals surface area contributed by atoms with E-state index in [1.807, 2.05) is 26.8 Å². The minimum absolute atomic E-state index is 0.123. The fourth-order valence-corrected chi connectivity index (χ4v) is 3.13. The summed E-state index contributed by atoms with van der Waals surface area (Å²) in [6.07, 6.45) is 1.63. The molecule has 3 rings (SSSR count). The second-order valence-electron chi connectivity index (χ2n) is 8.67. The lowest BCUT2D eigenvalue weighted by atomic mass is 9.98. The van der Waals surface area contributed by atoms with Crippen LogP contribution in [0, 0.1) is 22.6 Å². The highest BCUT2D eigenvalue weighted by atomic mass is 19.1. The Bertz CT molecular complexity index is 1200. The molecule has 1 aromatic heterocycles. The van der Waals surface area contributed by atoms with Gasteiger partial charge in [0.25, 0.3) is 5.91 Å². The number of benzene rings is 2. The van der Waals surface area contributed by atoms with E-state index in [1.54, 1.807) is 35.0 Å². The van der Waals surface area contributed by atoms with Crippen molar-refractivity contribution >= 4 is 17.6 Å². The average Bonchev–Trinajstić information content (AvgIpc) is 3.25. The lowest BCUT2D eigenvalue weighted by Crippen LogP contribution is -2.36. The van der Waals surface area contributed by atoms with Crippen LogP contribution in [0.4, 0.5) is 10.1 Å². The highest BCUT2D eigenvalue weighted by Crippen LogP contribution is 2.28. The number of ether oxygens (including phenoxy) is 1. The van der Waals surface area contributed by atoms with Crippen molar-refractivity contribution in [3.8, 4) is 17.5 Å². The molecule has 0 atom stereocenters. The molecule has 0 radical (unpaired) electrons. The summed E-state index contributed by atoms with van der Waals surface area (Å²) in [4.78, 5) is 26.0. The zero-order chi connectivity index (χ0) is 24.2. The van der Waals surface area contributed by atoms with E-state index in [2.05, 4.69) is 0 Å². The van der Waals surface area contributed by atoms with Crippen molar-refractivity contribution in [2.24, 2.45) is 5.41 Å². The number of carboxylic acid groups (broad SMARTS) is 1. The number of amides is 1. The fourth-order valence-electron chi connectivity index (χ4n) is 3.13. The Morgan fingerprint density at radius 1 is 1.15 bits per heavy atom. The van der Waals surface area contributed by atoms with Crippen molar-refractivity contribution in [2.45, 2.75) is 20.8 Å². The van der Waals surface area contributed by atoms with Gasteiger partial charge in [-0.15, -0.1) is 0 Å². The molecule has 0 aliphatic carbocycles. The van der Waals surface area contributed by atoms with Gasteiger partial charge in [-0.2, -0.15) is 5.26 Å². The molecule has 0 aliphatic rings. The van der Waals surface area contributed by atoms with Crippen molar-refractivity contribution in [3.63, 3.8) is 0 Å². The van der Waals surface area contributed by atoms with Crippen LogP contribution in [0.25, 0.3) is 5.69 Å². The number of hydrogen-bond donors (Lipinski definition) is 1. The van der Waals surface area contributed by atoms with E-state index >= 15 is 0 Å². The Morgan fingerprint density at radius 3 is 2.45 bits per heavy atom. The first-order chi connectivity index (χ1) is 15.6. The molecule has 1 N–H and O–H groups in total. The van der Waals surface area contributed by atoms with E-state index in [9.17, 15) is 24.3 Å². The largest absolute Gasteiger partial charge is 0.492 e. The average molecular weight is 449 g/mol. The Labute approximate surface area is 191 Å². The molecule has 1 amide bonds. The Balaban J connectivity index is 1.98. The van der Waals surface area contributed by atoms with Gasteiger partial charge < -0.3 is 14.4 Å². The highest BCUT2D eigenvalue weighted by Gasteiger charge is 2.24. The molecule has 0 saturated carbocycles. The van der Waals surface area contributed by atoms with E-state index in [-0.39, 0.29) is 22.4 Å². The molecular weight excluding hydrogens is 425 g/mol. The van der Waals surface area contributed by atoms with E-state index in [0.717, 1.165) is 4.90 Å². The van der Waals surface area contributed by atoms with Gasteiger partial charge in [-0.25, -0.2) is 4.39 Å². The number of hydrogen-bond acceptors (Lipinski definition) is 4. The number of aliphatic carboxylic acids is 1. The van der Waals surface area contributed by atoms with Gasteiger partial charge in [0.15, 0.2) is 0 Å². The molecule has 0 aliphatic heterocycles. The van der Waals surface area contributed by atoms with Crippen LogP contribution in [-0.2, 0) is 4.79 Å². The summed E-state index contributed by atoms with van der Waals surface area (Å²) in [6.45, 7) is 5.76. The molecule has 0 saturated heterocycles. The number of rotatable bonds is 7. The van der Waals surface area contributed by atoms with Gasteiger partial charge in [-0.1, -0.05) is 20.8 Å². The van der Waals surface area contributed by atoms with Crippen LogP contribution in [0.3, 0.4) is 0 Å². The summed E-state index contributed by atoms with van der Waals surface area (Å²) in [5, 5.41) is 19.0. The third-order valence-corrected chi connectivity index (χ3v) is 4.67. The summed E-state index contributed by atoms with van der Waals surface area (Å²) in [6, 6.07) is 15.3. The lowest BCUT2D eigenvalue weighted by molar-refractivity contribution is -0.135. The van der Waals surface area contributed by atoms with Gasteiger partial charge >= 0.3 is 5.97 Å². The SMILES string of the molecule is CC(C)(C)COc1ccc(N(CC(=O)O)C(=O)c2cccn2-c2ccc(F)cc2)cc1C#N. The first-order valence-electron chi connectivity index (χ1n) is 10.2. The zero-order valence-corrected chi connectivity index (χ0v) is 18.6. The first-order valence-corrected chi connectivity index (χ1v) is 10.2. The Hall–Kier alpha value is -4.12. The van der Waals surface area contributed by atoms with Gasteiger partial charge in [0, 0.05) is 17.6 Å². The van der Waals surface area contributed by atoms with Crippen LogP contribution in [0.5, 0.6) is 5.75 Å². The number of anilines is 1. The zero-order valence-electron chi connectivity index (χ0n) is 18.6. The van der Waals surface area contributed by atoms with Gasteiger partial charge in [0.2, 0.25) is 0 Å². The van der Waals surface area contributed by atoms with Crippen molar-refractivity contribution in [1.82, 2.24) is 4.57 Å². The maximum absolute atomic E-state index is 13.4. The second kappa shape index (κ2) is 9.57. The van der Waals surface area contributed by atoms with E-state index in [0.29, 0.717) is 18.0 Å². The molecule has 0 fully saturated rings. The van der Waals surface area contributed by atoms with Crippen LogP contribution < -0.4 is 9.64 Å². The number of nitrogens with zero attached hydrogens (tertiary/aromatic N) is 3. The number of carbonyl (C=O) groups excluding carboxylic acids is 1. The fraction of sp³-hybridized carbons (Fsp3) is 0.240. The number of aromatic nitrogens is 1. The number of nitriles is 1. The predicted octanol–water partition coefficient (Wildman–Crippen LogP) is 4.64. The van der Waals surface area contributed by atoms with Gasteiger partial charge in [-0.3, -0.25) is 14.5 Å². The van der Waals surface area contributed by atoms with Crippen molar-refractivity contribution in [2.75, 3.05) is 18.1 Å².